The van der Waals surface area contributed by atoms with Gasteiger partial charge >= 0.3 is 0 Å². The maximum Gasteiger partial charge on any atom is 0.240 e. The summed E-state index contributed by atoms with van der Waals surface area (Å²) in [5, 5.41) is 1.97. The Morgan fingerprint density at radius 1 is 1.63 bits per heavy atom. The molecule has 1 aromatic heterocycles. The molecule has 0 radical (unpaired) electrons. The van der Waals surface area contributed by atoms with Gasteiger partial charge in [-0.1, -0.05) is 6.07 Å². The lowest BCUT2D eigenvalue weighted by atomic mass is 10.1. The van der Waals surface area contributed by atoms with E-state index in [2.05, 4.69) is 0 Å². The van der Waals surface area contributed by atoms with Crippen LogP contribution in [0, 0.1) is 0 Å². The molecule has 2 aliphatic rings. The number of carbonyl (C=O) groups is 2. The summed E-state index contributed by atoms with van der Waals surface area (Å²) in [5.74, 6) is -0.140. The molecule has 0 spiro atoms. The fraction of sp³-hybridized carbons (Fsp3) is 0.538. The van der Waals surface area contributed by atoms with Gasteiger partial charge in [-0.3, -0.25) is 9.59 Å². The van der Waals surface area contributed by atoms with Gasteiger partial charge in [0, 0.05) is 17.8 Å². The number of hydrogen-bond donors (Lipinski definition) is 1. The number of amides is 1. The van der Waals surface area contributed by atoms with E-state index in [-0.39, 0.29) is 24.4 Å². The van der Waals surface area contributed by atoms with Crippen LogP contribution in [0.1, 0.15) is 11.3 Å². The molecule has 3 atom stereocenters. The van der Waals surface area contributed by atoms with Gasteiger partial charge in [0.25, 0.3) is 0 Å². The molecule has 3 heterocycles. The molecule has 2 fully saturated rings. The summed E-state index contributed by atoms with van der Waals surface area (Å²) in [7, 11) is 0. The number of Topliss-reactive ketones (excluding diaryl/α,β-unsaturated/α-hetero) is 1. The van der Waals surface area contributed by atoms with Crippen molar-refractivity contribution in [1.29, 1.82) is 0 Å². The Kier molecular flexibility index (Phi) is 3.38. The van der Waals surface area contributed by atoms with Crippen molar-refractivity contribution < 1.29 is 14.3 Å². The van der Waals surface area contributed by atoms with Crippen LogP contribution in [0.3, 0.4) is 0 Å². The smallest absolute Gasteiger partial charge is 0.240 e. The number of nitrogens with two attached hydrogens (primary N) is 1. The minimum atomic E-state index is -0.578. The predicted octanol–water partition coefficient (Wildman–Crippen LogP) is 0.187. The average Bonchev–Trinajstić information content (AvgIpc) is 3.08. The normalized spacial score (nSPS) is 27.6. The number of thiophene rings is 1. The van der Waals surface area contributed by atoms with Crippen molar-refractivity contribution in [2.45, 2.75) is 31.0 Å². The van der Waals surface area contributed by atoms with Crippen LogP contribution < -0.4 is 5.73 Å². The molecule has 0 saturated carbocycles. The van der Waals surface area contributed by atoms with Gasteiger partial charge in [0.2, 0.25) is 5.91 Å². The quantitative estimate of drug-likeness (QED) is 0.857. The van der Waals surface area contributed by atoms with Crippen molar-refractivity contribution in [3.05, 3.63) is 22.4 Å². The van der Waals surface area contributed by atoms with Crippen molar-refractivity contribution in [2.75, 3.05) is 13.2 Å². The predicted molar refractivity (Wildman–Crippen MR) is 70.9 cm³/mol. The second-order valence-corrected chi connectivity index (χ2v) is 6.00. The van der Waals surface area contributed by atoms with Gasteiger partial charge in [0.1, 0.15) is 12.6 Å². The third-order valence-corrected chi connectivity index (χ3v) is 4.61. The Bertz CT molecular complexity index is 488. The van der Waals surface area contributed by atoms with Crippen molar-refractivity contribution in [3.8, 4) is 0 Å². The number of rotatable bonds is 3. The van der Waals surface area contributed by atoms with E-state index in [0.717, 1.165) is 11.3 Å². The summed E-state index contributed by atoms with van der Waals surface area (Å²) in [6, 6.07) is 2.93. The number of ether oxygens (including phenoxy) is 1. The molecule has 102 valence electrons. The zero-order chi connectivity index (χ0) is 13.4. The molecule has 19 heavy (non-hydrogen) atoms. The van der Waals surface area contributed by atoms with Gasteiger partial charge < -0.3 is 15.4 Å². The van der Waals surface area contributed by atoms with Gasteiger partial charge in [-0.25, -0.2) is 0 Å². The van der Waals surface area contributed by atoms with Crippen LogP contribution >= 0.6 is 11.3 Å². The number of nitrogens with zero attached hydrogens (tertiary/aromatic N) is 1. The van der Waals surface area contributed by atoms with Gasteiger partial charge in [-0.15, -0.1) is 11.3 Å². The third kappa shape index (κ3) is 2.31. The first-order valence-electron chi connectivity index (χ1n) is 6.39. The van der Waals surface area contributed by atoms with Crippen molar-refractivity contribution in [3.63, 3.8) is 0 Å². The highest BCUT2D eigenvalue weighted by Gasteiger charge is 2.47. The molecule has 1 aromatic rings. The second kappa shape index (κ2) is 5.03. The fourth-order valence-electron chi connectivity index (χ4n) is 2.79. The standard InChI is InChI=1S/C13H16N2O3S/c14-9(6-8-2-1-5-19-8)13(17)15-4-3-11-12(15)10(16)7-18-11/h1-2,5,9,11-12H,3-4,6-7,14H2. The molecule has 5 nitrogen and oxygen atoms in total. The molecule has 0 bridgehead atoms. The van der Waals surface area contributed by atoms with E-state index >= 15 is 0 Å². The Morgan fingerprint density at radius 3 is 3.21 bits per heavy atom. The van der Waals surface area contributed by atoms with Crippen LogP contribution in [0.2, 0.25) is 0 Å². The molecule has 2 N–H and O–H groups in total. The van der Waals surface area contributed by atoms with E-state index in [1.807, 2.05) is 17.5 Å². The van der Waals surface area contributed by atoms with Crippen molar-refractivity contribution in [2.24, 2.45) is 5.73 Å². The first-order chi connectivity index (χ1) is 9.16. The van der Waals surface area contributed by atoms with Gasteiger partial charge in [0.05, 0.1) is 12.1 Å². The molecule has 2 saturated heterocycles. The zero-order valence-corrected chi connectivity index (χ0v) is 11.3. The van der Waals surface area contributed by atoms with Crippen LogP contribution in [0.15, 0.2) is 17.5 Å². The van der Waals surface area contributed by atoms with Crippen LogP contribution in [0.5, 0.6) is 0 Å². The van der Waals surface area contributed by atoms with Crippen LogP contribution in [-0.4, -0.2) is 47.9 Å². The number of ketones is 1. The van der Waals surface area contributed by atoms with Crippen molar-refractivity contribution in [1.82, 2.24) is 4.90 Å². The largest absolute Gasteiger partial charge is 0.368 e. The maximum absolute atomic E-state index is 12.4. The number of carbonyl (C=O) groups excluding carboxylic acids is 2. The topological polar surface area (TPSA) is 72.6 Å². The molecular formula is C13H16N2O3S. The second-order valence-electron chi connectivity index (χ2n) is 4.97. The average molecular weight is 280 g/mol. The highest BCUT2D eigenvalue weighted by Crippen LogP contribution is 2.27. The lowest BCUT2D eigenvalue weighted by Gasteiger charge is -2.24. The Labute approximate surface area is 115 Å². The first-order valence-corrected chi connectivity index (χ1v) is 7.27. The first kappa shape index (κ1) is 12.8. The summed E-state index contributed by atoms with van der Waals surface area (Å²) in [6.45, 7) is 0.692. The fourth-order valence-corrected chi connectivity index (χ4v) is 3.55. The van der Waals surface area contributed by atoms with E-state index < -0.39 is 12.1 Å². The van der Waals surface area contributed by atoms with Gasteiger partial charge in [-0.05, 0) is 17.9 Å². The Balaban J connectivity index is 1.68. The highest BCUT2D eigenvalue weighted by molar-refractivity contribution is 7.09. The SMILES string of the molecule is NC(Cc1cccs1)C(=O)N1CCC2OCC(=O)C21. The molecule has 3 unspecified atom stereocenters. The van der Waals surface area contributed by atoms with E-state index in [0.29, 0.717) is 13.0 Å². The van der Waals surface area contributed by atoms with Gasteiger partial charge in [-0.2, -0.15) is 0 Å². The molecule has 1 amide bonds. The van der Waals surface area contributed by atoms with E-state index in [9.17, 15) is 9.59 Å². The molecule has 3 rings (SSSR count). The molecule has 6 heteroatoms. The number of fused-ring (bicyclic) bond motifs is 1. The highest BCUT2D eigenvalue weighted by atomic mass is 32.1. The molecule has 0 aromatic carbocycles. The van der Waals surface area contributed by atoms with Crippen molar-refractivity contribution >= 4 is 23.0 Å². The van der Waals surface area contributed by atoms with Crippen LogP contribution in [-0.2, 0) is 20.7 Å². The summed E-state index contributed by atoms with van der Waals surface area (Å²) >= 11 is 1.59. The minimum Gasteiger partial charge on any atom is -0.368 e. The lowest BCUT2D eigenvalue weighted by molar-refractivity contribution is -0.137. The third-order valence-electron chi connectivity index (χ3n) is 3.71. The summed E-state index contributed by atoms with van der Waals surface area (Å²) in [6.07, 6.45) is 1.14. The van der Waals surface area contributed by atoms with Crippen LogP contribution in [0.25, 0.3) is 0 Å². The number of likely N-dealkylation sites (tertiary alicyclic amines) is 1. The zero-order valence-electron chi connectivity index (χ0n) is 10.5. The Morgan fingerprint density at radius 2 is 2.47 bits per heavy atom. The lowest BCUT2D eigenvalue weighted by Crippen LogP contribution is -2.50. The molecule has 2 aliphatic heterocycles. The number of hydrogen-bond acceptors (Lipinski definition) is 5. The van der Waals surface area contributed by atoms with Gasteiger partial charge in [0.15, 0.2) is 5.78 Å². The molecular weight excluding hydrogens is 264 g/mol. The summed E-state index contributed by atoms with van der Waals surface area (Å²) in [4.78, 5) is 26.8. The minimum absolute atomic E-state index is 0.000765. The van der Waals surface area contributed by atoms with E-state index in [1.54, 1.807) is 16.2 Å². The monoisotopic (exact) mass is 280 g/mol. The molecule has 0 aliphatic carbocycles. The Hall–Kier alpha value is -1.24. The summed E-state index contributed by atoms with van der Waals surface area (Å²) in [5.41, 5.74) is 5.98. The van der Waals surface area contributed by atoms with Crippen LogP contribution in [0.4, 0.5) is 0 Å². The summed E-state index contributed by atoms with van der Waals surface area (Å²) < 4.78 is 5.37. The maximum atomic E-state index is 12.4. The van der Waals surface area contributed by atoms with E-state index in [4.69, 9.17) is 10.5 Å². The van der Waals surface area contributed by atoms with E-state index in [1.165, 1.54) is 0 Å².